The maximum absolute atomic E-state index is 5.29. The number of aryl methyl sites for hydroxylation is 1. The minimum atomic E-state index is 0.405. The number of hydrogen-bond acceptors (Lipinski definition) is 2. The molecule has 0 spiro atoms. The van der Waals surface area contributed by atoms with Crippen LogP contribution in [0.4, 0.5) is 5.69 Å². The van der Waals surface area contributed by atoms with Crippen molar-refractivity contribution in [2.45, 2.75) is 25.8 Å². The fourth-order valence-corrected chi connectivity index (χ4v) is 2.57. The topological polar surface area (TPSA) is 21.3 Å². The van der Waals surface area contributed by atoms with Gasteiger partial charge in [-0.2, -0.15) is 0 Å². The van der Waals surface area contributed by atoms with Crippen molar-refractivity contribution in [3.05, 3.63) is 59.7 Å². The number of hydrogen-bond donors (Lipinski definition) is 1. The normalized spacial score (nSPS) is 15.7. The van der Waals surface area contributed by atoms with Gasteiger partial charge in [0, 0.05) is 11.8 Å². The van der Waals surface area contributed by atoms with Crippen molar-refractivity contribution in [3.8, 4) is 5.75 Å². The Morgan fingerprint density at radius 3 is 2.50 bits per heavy atom. The van der Waals surface area contributed by atoms with Gasteiger partial charge in [0.05, 0.1) is 13.2 Å². The van der Waals surface area contributed by atoms with Crippen molar-refractivity contribution in [2.75, 3.05) is 12.4 Å². The van der Waals surface area contributed by atoms with Gasteiger partial charge in [0.1, 0.15) is 5.75 Å². The van der Waals surface area contributed by atoms with Crippen LogP contribution in [0.25, 0.3) is 0 Å². The van der Waals surface area contributed by atoms with Crippen LogP contribution in [-0.2, 0) is 0 Å². The van der Waals surface area contributed by atoms with E-state index in [0.717, 1.165) is 17.4 Å². The molecule has 20 heavy (non-hydrogen) atoms. The fourth-order valence-electron chi connectivity index (χ4n) is 2.57. The minimum absolute atomic E-state index is 0.405. The summed E-state index contributed by atoms with van der Waals surface area (Å²) in [6.45, 7) is 2.13. The Labute approximate surface area is 120 Å². The maximum atomic E-state index is 5.29. The van der Waals surface area contributed by atoms with Gasteiger partial charge in [0.15, 0.2) is 0 Å². The molecule has 1 saturated carbocycles. The molecule has 0 aliphatic heterocycles. The average molecular weight is 267 g/mol. The Kier molecular flexibility index (Phi) is 3.64. The van der Waals surface area contributed by atoms with Crippen LogP contribution in [0, 0.1) is 12.8 Å². The Morgan fingerprint density at radius 1 is 1.10 bits per heavy atom. The predicted octanol–water partition coefficient (Wildman–Crippen LogP) is 4.57. The smallest absolute Gasteiger partial charge is 0.120 e. The number of benzene rings is 2. The largest absolute Gasteiger partial charge is 0.497 e. The quantitative estimate of drug-likeness (QED) is 0.857. The van der Waals surface area contributed by atoms with E-state index in [4.69, 9.17) is 4.74 Å². The van der Waals surface area contributed by atoms with E-state index in [0.29, 0.717) is 6.04 Å². The van der Waals surface area contributed by atoms with E-state index in [2.05, 4.69) is 48.6 Å². The second-order valence-corrected chi connectivity index (χ2v) is 5.60. The number of nitrogens with one attached hydrogen (secondary N) is 1. The zero-order chi connectivity index (χ0) is 13.9. The molecular weight excluding hydrogens is 246 g/mol. The highest BCUT2D eigenvalue weighted by atomic mass is 16.5. The molecule has 0 saturated heterocycles. The summed E-state index contributed by atoms with van der Waals surface area (Å²) in [4.78, 5) is 0. The molecule has 2 aromatic rings. The first-order chi connectivity index (χ1) is 9.76. The van der Waals surface area contributed by atoms with E-state index in [9.17, 15) is 0 Å². The molecule has 1 fully saturated rings. The van der Waals surface area contributed by atoms with E-state index in [1.54, 1.807) is 7.11 Å². The van der Waals surface area contributed by atoms with E-state index in [-0.39, 0.29) is 0 Å². The van der Waals surface area contributed by atoms with Gasteiger partial charge in [-0.25, -0.2) is 0 Å². The summed E-state index contributed by atoms with van der Waals surface area (Å²) in [5.74, 6) is 1.65. The molecule has 1 atom stereocenters. The number of rotatable bonds is 5. The lowest BCUT2D eigenvalue weighted by molar-refractivity contribution is 0.415. The monoisotopic (exact) mass is 267 g/mol. The van der Waals surface area contributed by atoms with Crippen molar-refractivity contribution in [1.29, 1.82) is 0 Å². The summed E-state index contributed by atoms with van der Waals surface area (Å²) in [6.07, 6.45) is 2.63. The lowest BCUT2D eigenvalue weighted by Gasteiger charge is -2.20. The summed E-state index contributed by atoms with van der Waals surface area (Å²) in [6, 6.07) is 17.4. The predicted molar refractivity (Wildman–Crippen MR) is 83.3 cm³/mol. The van der Waals surface area contributed by atoms with E-state index >= 15 is 0 Å². The van der Waals surface area contributed by atoms with Crippen LogP contribution in [0.3, 0.4) is 0 Å². The molecule has 2 nitrogen and oxygen atoms in total. The summed E-state index contributed by atoms with van der Waals surface area (Å²) < 4.78 is 5.29. The Hall–Kier alpha value is -1.96. The Bertz CT molecular complexity index is 572. The number of methoxy groups -OCH3 is 1. The molecule has 2 aromatic carbocycles. The van der Waals surface area contributed by atoms with Crippen LogP contribution in [0.1, 0.15) is 30.0 Å². The zero-order valence-corrected chi connectivity index (χ0v) is 12.1. The molecule has 0 aromatic heterocycles. The molecular formula is C18H21NO. The lowest BCUT2D eigenvalue weighted by Crippen LogP contribution is -2.12. The zero-order valence-electron chi connectivity index (χ0n) is 12.1. The molecule has 0 radical (unpaired) electrons. The molecule has 0 heterocycles. The second-order valence-electron chi connectivity index (χ2n) is 5.60. The fraction of sp³-hybridized carbons (Fsp3) is 0.333. The first-order valence-corrected chi connectivity index (χ1v) is 7.23. The van der Waals surface area contributed by atoms with Crippen LogP contribution in [-0.4, -0.2) is 7.11 Å². The van der Waals surface area contributed by atoms with Gasteiger partial charge >= 0.3 is 0 Å². The van der Waals surface area contributed by atoms with Gasteiger partial charge in [0.2, 0.25) is 0 Å². The third kappa shape index (κ3) is 2.96. The van der Waals surface area contributed by atoms with E-state index in [1.807, 2.05) is 12.1 Å². The molecule has 1 unspecified atom stereocenters. The lowest BCUT2D eigenvalue weighted by atomic mass is 10.0. The maximum Gasteiger partial charge on any atom is 0.120 e. The third-order valence-corrected chi connectivity index (χ3v) is 3.92. The van der Waals surface area contributed by atoms with Crippen LogP contribution >= 0.6 is 0 Å². The van der Waals surface area contributed by atoms with Crippen molar-refractivity contribution >= 4 is 5.69 Å². The molecule has 2 heteroatoms. The summed E-state index contributed by atoms with van der Waals surface area (Å²) in [7, 11) is 1.71. The highest BCUT2D eigenvalue weighted by Gasteiger charge is 2.32. The number of anilines is 1. The third-order valence-electron chi connectivity index (χ3n) is 3.92. The average Bonchev–Trinajstić information content (AvgIpc) is 3.31. The van der Waals surface area contributed by atoms with Crippen molar-refractivity contribution < 1.29 is 4.74 Å². The molecule has 1 aliphatic rings. The minimum Gasteiger partial charge on any atom is -0.497 e. The second kappa shape index (κ2) is 5.58. The van der Waals surface area contributed by atoms with Crippen LogP contribution in [0.15, 0.2) is 48.5 Å². The van der Waals surface area contributed by atoms with Crippen LogP contribution in [0.5, 0.6) is 5.75 Å². The summed E-state index contributed by atoms with van der Waals surface area (Å²) in [5, 5.41) is 3.67. The van der Waals surface area contributed by atoms with Gasteiger partial charge in [-0.1, -0.05) is 35.9 Å². The van der Waals surface area contributed by atoms with Crippen molar-refractivity contribution in [1.82, 2.24) is 0 Å². The summed E-state index contributed by atoms with van der Waals surface area (Å²) >= 11 is 0. The highest BCUT2D eigenvalue weighted by molar-refractivity contribution is 5.50. The first kappa shape index (κ1) is 13.0. The molecule has 0 bridgehead atoms. The van der Waals surface area contributed by atoms with Crippen molar-refractivity contribution in [3.63, 3.8) is 0 Å². The Morgan fingerprint density at radius 2 is 1.85 bits per heavy atom. The van der Waals surface area contributed by atoms with Gasteiger partial charge < -0.3 is 10.1 Å². The van der Waals surface area contributed by atoms with Crippen molar-refractivity contribution in [2.24, 2.45) is 5.92 Å². The molecule has 1 N–H and O–H groups in total. The van der Waals surface area contributed by atoms with Gasteiger partial charge in [-0.05, 0) is 43.4 Å². The first-order valence-electron chi connectivity index (χ1n) is 7.23. The summed E-state index contributed by atoms with van der Waals surface area (Å²) in [5.41, 5.74) is 3.81. The van der Waals surface area contributed by atoms with Gasteiger partial charge in [0.25, 0.3) is 0 Å². The van der Waals surface area contributed by atoms with Gasteiger partial charge in [-0.3, -0.25) is 0 Å². The SMILES string of the molecule is COc1cccc(NC(c2ccc(C)cc2)C2CC2)c1. The van der Waals surface area contributed by atoms with Crippen LogP contribution in [0.2, 0.25) is 0 Å². The molecule has 3 rings (SSSR count). The molecule has 1 aliphatic carbocycles. The highest BCUT2D eigenvalue weighted by Crippen LogP contribution is 2.43. The van der Waals surface area contributed by atoms with E-state index in [1.165, 1.54) is 24.0 Å². The number of ether oxygens (including phenoxy) is 1. The molecule has 104 valence electrons. The van der Waals surface area contributed by atoms with Crippen LogP contribution < -0.4 is 10.1 Å². The Balaban J connectivity index is 1.82. The van der Waals surface area contributed by atoms with Gasteiger partial charge in [-0.15, -0.1) is 0 Å². The standard InChI is InChI=1S/C18H21NO/c1-13-6-8-14(9-7-13)18(15-10-11-15)19-16-4-3-5-17(12-16)20-2/h3-9,12,15,18-19H,10-11H2,1-2H3. The molecule has 0 amide bonds. The van der Waals surface area contributed by atoms with E-state index < -0.39 is 0 Å².